The lowest BCUT2D eigenvalue weighted by Crippen LogP contribution is -2.09. The Morgan fingerprint density at radius 3 is 1.28 bits per heavy atom. The number of rotatable bonds is 8. The van der Waals surface area contributed by atoms with E-state index in [0.717, 1.165) is 23.5 Å². The van der Waals surface area contributed by atoms with Crippen LogP contribution >= 0.6 is 23.5 Å². The smallest absolute Gasteiger partial charge is 0.165 e. The summed E-state index contributed by atoms with van der Waals surface area (Å²) in [6.45, 7) is 5.47. The molecule has 0 saturated heterocycles. The molecule has 0 radical (unpaired) electrons. The van der Waals surface area contributed by atoms with Crippen molar-refractivity contribution in [1.82, 2.24) is 0 Å². The summed E-state index contributed by atoms with van der Waals surface area (Å²) >= 11 is 2.27. The third-order valence-corrected chi connectivity index (χ3v) is 4.46. The molecule has 0 aliphatic rings. The van der Waals surface area contributed by atoms with E-state index in [0.29, 0.717) is 4.24 Å². The number of thioether (sulfide) groups is 2. The molecule has 0 aromatic rings. The van der Waals surface area contributed by atoms with Crippen molar-refractivity contribution >= 4 is 46.7 Å². The van der Waals surface area contributed by atoms with Crippen molar-refractivity contribution < 1.29 is 19.2 Å². The highest BCUT2D eigenvalue weighted by Gasteiger charge is 2.18. The third-order valence-electron chi connectivity index (χ3n) is 1.72. The van der Waals surface area contributed by atoms with Crippen LogP contribution in [0, 0.1) is 0 Å². The van der Waals surface area contributed by atoms with Gasteiger partial charge in [0.25, 0.3) is 0 Å². The average Bonchev–Trinajstić information content (AvgIpc) is 2.20. The van der Waals surface area contributed by atoms with Crippen LogP contribution in [0.1, 0.15) is 27.7 Å². The summed E-state index contributed by atoms with van der Waals surface area (Å²) < 4.78 is 0.459. The Morgan fingerprint density at radius 1 is 0.722 bits per heavy atom. The molecule has 0 N–H and O–H groups in total. The van der Waals surface area contributed by atoms with Gasteiger partial charge in [0.2, 0.25) is 0 Å². The molecule has 0 saturated carbocycles. The lowest BCUT2D eigenvalue weighted by atomic mass is 10.1. The average molecular weight is 288 g/mol. The maximum atomic E-state index is 11.4. The Hall–Kier alpha value is -0.880. The van der Waals surface area contributed by atoms with Crippen LogP contribution in [0.2, 0.25) is 0 Å². The van der Waals surface area contributed by atoms with Gasteiger partial charge in [-0.05, 0) is 27.7 Å². The highest BCUT2D eigenvalue weighted by Crippen LogP contribution is 2.32. The van der Waals surface area contributed by atoms with Crippen LogP contribution in [-0.2, 0) is 19.2 Å². The molecule has 100 valence electrons. The molecule has 0 aliphatic carbocycles. The standard InChI is InChI=1S/C12H16O4S2/c1-7(13)5-17-12(18-6-8(2)14)11(9(3)15)10(4)16/h5-6H2,1-4H3. The fraction of sp³-hybridized carbons (Fsp3) is 0.500. The molecule has 0 bridgehead atoms. The quantitative estimate of drug-likeness (QED) is 0.387. The lowest BCUT2D eigenvalue weighted by Gasteiger charge is -2.09. The van der Waals surface area contributed by atoms with Crippen molar-refractivity contribution in [2.45, 2.75) is 27.7 Å². The van der Waals surface area contributed by atoms with E-state index in [1.165, 1.54) is 27.7 Å². The molecular formula is C12H16O4S2. The predicted octanol–water partition coefficient (Wildman–Crippen LogP) is 2.02. The summed E-state index contributed by atoms with van der Waals surface area (Å²) in [5.74, 6) is -0.414. The predicted molar refractivity (Wildman–Crippen MR) is 74.7 cm³/mol. The summed E-state index contributed by atoms with van der Waals surface area (Å²) in [6, 6.07) is 0. The molecule has 0 atom stereocenters. The van der Waals surface area contributed by atoms with Gasteiger partial charge in [0.05, 0.1) is 21.3 Å². The van der Waals surface area contributed by atoms with E-state index in [2.05, 4.69) is 0 Å². The van der Waals surface area contributed by atoms with Crippen LogP contribution in [0.25, 0.3) is 0 Å². The summed E-state index contributed by atoms with van der Waals surface area (Å²) in [5.41, 5.74) is 0.0764. The second-order valence-corrected chi connectivity index (χ2v) is 5.99. The number of Topliss-reactive ketones (excluding diaryl/α,β-unsaturated/α-hetero) is 4. The zero-order chi connectivity index (χ0) is 14.3. The normalized spacial score (nSPS) is 9.78. The van der Waals surface area contributed by atoms with Crippen molar-refractivity contribution in [2.24, 2.45) is 0 Å². The van der Waals surface area contributed by atoms with Gasteiger partial charge in [-0.2, -0.15) is 0 Å². The number of carbonyl (C=O) groups excluding carboxylic acids is 4. The molecule has 0 aliphatic heterocycles. The summed E-state index contributed by atoms with van der Waals surface area (Å²) in [6.07, 6.45) is 0. The van der Waals surface area contributed by atoms with Crippen molar-refractivity contribution in [3.05, 3.63) is 9.81 Å². The number of allylic oxidation sites excluding steroid dienone is 1. The van der Waals surface area contributed by atoms with Crippen LogP contribution in [0.5, 0.6) is 0 Å². The summed E-state index contributed by atoms with van der Waals surface area (Å²) in [7, 11) is 0. The first-order valence-electron chi connectivity index (χ1n) is 5.26. The van der Waals surface area contributed by atoms with Gasteiger partial charge in [0.1, 0.15) is 11.6 Å². The topological polar surface area (TPSA) is 68.3 Å². The molecule has 4 nitrogen and oxygen atoms in total. The second-order valence-electron chi connectivity index (χ2n) is 3.76. The molecule has 0 aromatic heterocycles. The van der Waals surface area contributed by atoms with Crippen LogP contribution < -0.4 is 0 Å². The Morgan fingerprint density at radius 2 is 1.06 bits per heavy atom. The first-order chi connectivity index (χ1) is 8.25. The first kappa shape index (κ1) is 17.1. The Bertz CT molecular complexity index is 374. The zero-order valence-electron chi connectivity index (χ0n) is 10.9. The highest BCUT2D eigenvalue weighted by atomic mass is 32.2. The molecule has 18 heavy (non-hydrogen) atoms. The van der Waals surface area contributed by atoms with Crippen molar-refractivity contribution in [3.8, 4) is 0 Å². The fourth-order valence-electron chi connectivity index (χ4n) is 1.06. The lowest BCUT2D eigenvalue weighted by molar-refractivity contribution is -0.119. The molecule has 0 fully saturated rings. The Balaban J connectivity index is 5.17. The van der Waals surface area contributed by atoms with E-state index in [1.54, 1.807) is 0 Å². The van der Waals surface area contributed by atoms with Gasteiger partial charge in [-0.3, -0.25) is 19.2 Å². The van der Waals surface area contributed by atoms with E-state index >= 15 is 0 Å². The minimum Gasteiger partial charge on any atom is -0.299 e. The molecule has 0 spiro atoms. The van der Waals surface area contributed by atoms with Gasteiger partial charge in [-0.1, -0.05) is 0 Å². The fourth-order valence-corrected chi connectivity index (χ4v) is 3.27. The van der Waals surface area contributed by atoms with Crippen LogP contribution in [0.3, 0.4) is 0 Å². The minimum absolute atomic E-state index is 0.0487. The number of hydrogen-bond acceptors (Lipinski definition) is 6. The maximum absolute atomic E-state index is 11.4. The van der Waals surface area contributed by atoms with Crippen molar-refractivity contribution in [2.75, 3.05) is 11.5 Å². The van der Waals surface area contributed by atoms with Crippen LogP contribution in [-0.4, -0.2) is 34.6 Å². The molecular weight excluding hydrogens is 272 g/mol. The van der Waals surface area contributed by atoms with Gasteiger partial charge in [0, 0.05) is 0 Å². The van der Waals surface area contributed by atoms with Gasteiger partial charge in [-0.25, -0.2) is 0 Å². The van der Waals surface area contributed by atoms with E-state index in [1.807, 2.05) is 0 Å². The van der Waals surface area contributed by atoms with E-state index < -0.39 is 0 Å². The highest BCUT2D eigenvalue weighted by molar-refractivity contribution is 8.22. The number of ketones is 4. The van der Waals surface area contributed by atoms with Gasteiger partial charge < -0.3 is 0 Å². The van der Waals surface area contributed by atoms with Gasteiger partial charge in [-0.15, -0.1) is 23.5 Å². The van der Waals surface area contributed by atoms with E-state index in [9.17, 15) is 19.2 Å². The SMILES string of the molecule is CC(=O)CSC(SCC(C)=O)=C(C(C)=O)C(C)=O. The van der Waals surface area contributed by atoms with Crippen LogP contribution in [0.4, 0.5) is 0 Å². The number of carbonyl (C=O) groups is 4. The molecule has 6 heteroatoms. The van der Waals surface area contributed by atoms with Crippen molar-refractivity contribution in [3.63, 3.8) is 0 Å². The van der Waals surface area contributed by atoms with Gasteiger partial charge in [0.15, 0.2) is 11.6 Å². The Labute approximate surface area is 115 Å². The molecule has 0 heterocycles. The minimum atomic E-state index is -0.343. The van der Waals surface area contributed by atoms with E-state index in [-0.39, 0.29) is 40.2 Å². The molecule has 0 amide bonds. The third kappa shape index (κ3) is 6.76. The molecule has 0 aromatic carbocycles. The Kier molecular flexibility index (Phi) is 7.86. The number of hydrogen-bond donors (Lipinski definition) is 0. The first-order valence-corrected chi connectivity index (χ1v) is 7.23. The zero-order valence-corrected chi connectivity index (χ0v) is 12.5. The summed E-state index contributed by atoms with van der Waals surface area (Å²) in [4.78, 5) is 44.8. The van der Waals surface area contributed by atoms with Crippen LogP contribution in [0.15, 0.2) is 9.81 Å². The van der Waals surface area contributed by atoms with Crippen molar-refractivity contribution in [1.29, 1.82) is 0 Å². The van der Waals surface area contributed by atoms with Gasteiger partial charge >= 0.3 is 0 Å². The summed E-state index contributed by atoms with van der Waals surface area (Å²) in [5, 5.41) is 0. The second kappa shape index (κ2) is 8.26. The molecule has 0 unspecified atom stereocenters. The van der Waals surface area contributed by atoms with E-state index in [4.69, 9.17) is 0 Å². The molecule has 0 rings (SSSR count). The maximum Gasteiger partial charge on any atom is 0.165 e. The monoisotopic (exact) mass is 288 g/mol. The largest absolute Gasteiger partial charge is 0.299 e.